The van der Waals surface area contributed by atoms with Gasteiger partial charge in [-0.3, -0.25) is 20.0 Å². The highest BCUT2D eigenvalue weighted by molar-refractivity contribution is 5.93. The molecule has 1 aliphatic heterocycles. The Morgan fingerprint density at radius 1 is 0.500 bits per heavy atom. The van der Waals surface area contributed by atoms with Crippen LogP contribution in [0.1, 0.15) is 84.7 Å². The van der Waals surface area contributed by atoms with Crippen molar-refractivity contribution in [3.63, 3.8) is 0 Å². The van der Waals surface area contributed by atoms with Crippen LogP contribution in [0, 0.1) is 13.8 Å². The first-order valence-corrected chi connectivity index (χ1v) is 13.3. The molecule has 2 aromatic carbocycles. The van der Waals surface area contributed by atoms with Crippen molar-refractivity contribution in [1.82, 2.24) is 0 Å². The molecule has 2 aromatic rings. The van der Waals surface area contributed by atoms with Crippen molar-refractivity contribution in [1.29, 1.82) is 0 Å². The van der Waals surface area contributed by atoms with Crippen LogP contribution >= 0.6 is 0 Å². The van der Waals surface area contributed by atoms with Crippen LogP contribution in [0.25, 0.3) is 0 Å². The molecule has 188 valence electrons. The molecule has 6 nitrogen and oxygen atoms in total. The molecule has 4 atom stereocenters. The Bertz CT molecular complexity index is 1050. The fourth-order valence-corrected chi connectivity index (χ4v) is 5.65. The van der Waals surface area contributed by atoms with Crippen molar-refractivity contribution < 1.29 is 10.2 Å². The molecule has 1 heterocycles. The third-order valence-electron chi connectivity index (χ3n) is 7.63. The summed E-state index contributed by atoms with van der Waals surface area (Å²) >= 11 is 0. The van der Waals surface area contributed by atoms with Gasteiger partial charge in [-0.15, -0.1) is 0 Å². The largest absolute Gasteiger partial charge is 0.507 e. The number of hydrogen-bond donors (Lipinski definition) is 2. The van der Waals surface area contributed by atoms with Crippen molar-refractivity contribution in [2.24, 2.45) is 20.0 Å². The minimum Gasteiger partial charge on any atom is -0.507 e. The van der Waals surface area contributed by atoms with Crippen LogP contribution in [0.4, 0.5) is 0 Å². The number of phenolic OH excluding ortho intramolecular Hbond substituents is 2. The van der Waals surface area contributed by atoms with E-state index >= 15 is 0 Å². The van der Waals surface area contributed by atoms with E-state index in [4.69, 9.17) is 20.0 Å². The van der Waals surface area contributed by atoms with Gasteiger partial charge in [-0.25, -0.2) is 0 Å². The number of rotatable bonds is 0. The minimum atomic E-state index is 0.0434. The maximum atomic E-state index is 11.0. The van der Waals surface area contributed by atoms with Crippen LogP contribution in [0.3, 0.4) is 0 Å². The summed E-state index contributed by atoms with van der Waals surface area (Å²) in [6, 6.07) is 8.05. The molecule has 0 spiro atoms. The van der Waals surface area contributed by atoms with E-state index < -0.39 is 0 Å². The summed E-state index contributed by atoms with van der Waals surface area (Å²) in [5, 5.41) is 22.1. The molecule has 0 radical (unpaired) electrons. The maximum absolute atomic E-state index is 11.0. The van der Waals surface area contributed by atoms with Crippen LogP contribution in [0.5, 0.6) is 11.5 Å². The molecular formula is C30H36N4O2. The van der Waals surface area contributed by atoms with E-state index in [0.717, 1.165) is 62.5 Å². The monoisotopic (exact) mass is 484 g/mol. The van der Waals surface area contributed by atoms with E-state index in [1.54, 1.807) is 24.9 Å². The lowest BCUT2D eigenvalue weighted by Crippen LogP contribution is -2.27. The fraction of sp³-hybridized carbons (Fsp3) is 0.467. The number of benzene rings is 2. The summed E-state index contributed by atoms with van der Waals surface area (Å²) in [4.78, 5) is 19.6. The lowest BCUT2D eigenvalue weighted by atomic mass is 9.90. The molecular weight excluding hydrogens is 448 g/mol. The minimum absolute atomic E-state index is 0.0434. The van der Waals surface area contributed by atoms with Crippen LogP contribution < -0.4 is 0 Å². The van der Waals surface area contributed by atoms with E-state index in [1.807, 2.05) is 38.1 Å². The second kappa shape index (κ2) is 10.8. The molecule has 2 N–H and O–H groups in total. The third-order valence-corrected chi connectivity index (χ3v) is 7.63. The van der Waals surface area contributed by atoms with Crippen LogP contribution in [-0.4, -0.2) is 59.2 Å². The number of phenols is 2. The second-order valence-electron chi connectivity index (χ2n) is 10.5. The first-order valence-electron chi connectivity index (χ1n) is 13.3. The Kier molecular flexibility index (Phi) is 7.30. The lowest BCUT2D eigenvalue weighted by Gasteiger charge is -2.26. The molecule has 0 saturated heterocycles. The number of aromatic hydroxyl groups is 2. The average molecular weight is 485 g/mol. The van der Waals surface area contributed by atoms with E-state index in [2.05, 4.69) is 0 Å². The van der Waals surface area contributed by atoms with Gasteiger partial charge in [-0.05, 0) is 74.9 Å². The number of aryl methyl sites for hydroxylation is 2. The van der Waals surface area contributed by atoms with Gasteiger partial charge in [0.15, 0.2) is 0 Å². The molecule has 5 rings (SSSR count). The molecule has 36 heavy (non-hydrogen) atoms. The van der Waals surface area contributed by atoms with Crippen molar-refractivity contribution in [3.8, 4) is 11.5 Å². The van der Waals surface area contributed by atoms with E-state index in [-0.39, 0.29) is 35.7 Å². The normalized spacial score (nSPS) is 26.1. The van der Waals surface area contributed by atoms with Gasteiger partial charge in [-0.1, -0.05) is 25.7 Å². The number of hydrogen-bond acceptors (Lipinski definition) is 6. The van der Waals surface area contributed by atoms with E-state index in [0.29, 0.717) is 22.3 Å². The van der Waals surface area contributed by atoms with Crippen LogP contribution in [0.2, 0.25) is 0 Å². The molecule has 4 bridgehead atoms. The third kappa shape index (κ3) is 5.43. The number of nitrogens with zero attached hydrogens (tertiary/aromatic N) is 4. The van der Waals surface area contributed by atoms with Crippen LogP contribution in [-0.2, 0) is 0 Å². The molecule has 0 amide bonds. The average Bonchev–Trinajstić information content (AvgIpc) is 2.88. The summed E-state index contributed by atoms with van der Waals surface area (Å²) in [5.41, 5.74) is 4.97. The van der Waals surface area contributed by atoms with Gasteiger partial charge in [0.25, 0.3) is 0 Å². The summed E-state index contributed by atoms with van der Waals surface area (Å²) in [6.45, 7) is 4.06. The predicted octanol–water partition coefficient (Wildman–Crippen LogP) is 5.73. The Hall–Kier alpha value is -3.28. The van der Waals surface area contributed by atoms with Gasteiger partial charge in [0.1, 0.15) is 11.5 Å². The lowest BCUT2D eigenvalue weighted by molar-refractivity contribution is 0.389. The van der Waals surface area contributed by atoms with Crippen molar-refractivity contribution in [2.45, 2.75) is 89.4 Å². The Morgan fingerprint density at radius 3 is 1.00 bits per heavy atom. The van der Waals surface area contributed by atoms with Gasteiger partial charge >= 0.3 is 0 Å². The first kappa shape index (κ1) is 24.4. The zero-order chi connectivity index (χ0) is 25.1. The SMILES string of the molecule is Cc1cc2c(O)c(c1)C=N[C@H]1CCCC[C@@H]1N=Cc1cc(C)cc(c1O)C=N[C@H]1CCCC[C@@H]1N=C2. The Balaban J connectivity index is 1.60. The Labute approximate surface area is 213 Å². The first-order chi connectivity index (χ1) is 17.5. The van der Waals surface area contributed by atoms with Gasteiger partial charge in [-0.2, -0.15) is 0 Å². The fourth-order valence-electron chi connectivity index (χ4n) is 5.65. The molecule has 6 heteroatoms. The molecule has 0 aromatic heterocycles. The maximum Gasteiger partial charge on any atom is 0.133 e. The standard InChI is InChI=1S/C30H36N4O2/c1-19-11-21-15-31-25-7-3-5-9-27(25)33-17-23-13-20(2)14-24(30(23)36)18-34-28-10-6-4-8-26(28)32-16-22(12-19)29(21)35/h11-18,25-28,35-36H,3-10H2,1-2H3/t25-,26-,27-,28-/m0/s1. The summed E-state index contributed by atoms with van der Waals surface area (Å²) in [7, 11) is 0. The highest BCUT2D eigenvalue weighted by atomic mass is 16.3. The van der Waals surface area contributed by atoms with Crippen molar-refractivity contribution in [2.75, 3.05) is 0 Å². The molecule has 2 aliphatic carbocycles. The highest BCUT2D eigenvalue weighted by Gasteiger charge is 2.25. The molecule has 2 saturated carbocycles. The molecule has 0 unspecified atom stereocenters. The number of aliphatic imine (C=N–C) groups is 4. The zero-order valence-corrected chi connectivity index (χ0v) is 21.3. The zero-order valence-electron chi connectivity index (χ0n) is 21.3. The predicted molar refractivity (Wildman–Crippen MR) is 148 cm³/mol. The van der Waals surface area contributed by atoms with Crippen molar-refractivity contribution >= 4 is 24.9 Å². The number of fused-ring (bicyclic) bond motifs is 6. The summed E-state index contributed by atoms with van der Waals surface area (Å²) < 4.78 is 0. The highest BCUT2D eigenvalue weighted by Crippen LogP contribution is 2.29. The molecule has 3 aliphatic rings. The summed E-state index contributed by atoms with van der Waals surface area (Å²) in [5.74, 6) is 0.438. The summed E-state index contributed by atoms with van der Waals surface area (Å²) in [6.07, 6.45) is 15.5. The van der Waals surface area contributed by atoms with Gasteiger partial charge in [0.05, 0.1) is 24.2 Å². The Morgan fingerprint density at radius 2 is 0.750 bits per heavy atom. The van der Waals surface area contributed by atoms with Gasteiger partial charge in [0, 0.05) is 47.1 Å². The van der Waals surface area contributed by atoms with E-state index in [9.17, 15) is 10.2 Å². The quantitative estimate of drug-likeness (QED) is 0.500. The molecule has 2 fully saturated rings. The van der Waals surface area contributed by atoms with E-state index in [1.165, 1.54) is 0 Å². The smallest absolute Gasteiger partial charge is 0.133 e. The van der Waals surface area contributed by atoms with Crippen molar-refractivity contribution in [3.05, 3.63) is 57.6 Å². The second-order valence-corrected chi connectivity index (χ2v) is 10.5. The topological polar surface area (TPSA) is 89.9 Å². The van der Waals surface area contributed by atoms with Crippen LogP contribution in [0.15, 0.2) is 44.2 Å². The van der Waals surface area contributed by atoms with Gasteiger partial charge in [0.2, 0.25) is 0 Å². The van der Waals surface area contributed by atoms with Gasteiger partial charge < -0.3 is 10.2 Å².